The molecule has 0 saturated heterocycles. The Balaban J connectivity index is 1.87. The van der Waals surface area contributed by atoms with E-state index < -0.39 is 0 Å². The van der Waals surface area contributed by atoms with Crippen LogP contribution in [0.1, 0.15) is 32.0 Å². The van der Waals surface area contributed by atoms with Gasteiger partial charge in [-0.3, -0.25) is 0 Å². The molecule has 0 atom stereocenters. The van der Waals surface area contributed by atoms with Crippen molar-refractivity contribution in [3.8, 4) is 10.6 Å². The van der Waals surface area contributed by atoms with Gasteiger partial charge in [0.15, 0.2) is 5.13 Å². The number of rotatable bonds is 5. The second kappa shape index (κ2) is 7.40. The molecule has 27 heavy (non-hydrogen) atoms. The van der Waals surface area contributed by atoms with E-state index in [1.807, 2.05) is 32.0 Å². The molecular weight excluding hydrogens is 360 g/mol. The van der Waals surface area contributed by atoms with Gasteiger partial charge in [0.1, 0.15) is 5.69 Å². The molecular formula is C19H22N6OS. The fourth-order valence-electron chi connectivity index (χ4n) is 2.47. The number of nitrogens with zero attached hydrogens (tertiary/aromatic N) is 4. The molecule has 0 aliphatic carbocycles. The van der Waals surface area contributed by atoms with E-state index in [-0.39, 0.29) is 5.54 Å². The van der Waals surface area contributed by atoms with Crippen molar-refractivity contribution in [1.82, 2.24) is 15.0 Å². The maximum atomic E-state index is 10.9. The first-order chi connectivity index (χ1) is 12.7. The lowest BCUT2D eigenvalue weighted by Gasteiger charge is -2.19. The van der Waals surface area contributed by atoms with Crippen LogP contribution in [0.25, 0.3) is 10.6 Å². The molecule has 0 aliphatic heterocycles. The van der Waals surface area contributed by atoms with Crippen molar-refractivity contribution in [2.45, 2.75) is 40.2 Å². The SMILES string of the molecule is Cc1ccc(Nc2nccc(-c3sc(NC(C)(C)C)nc3C)n2)cc1N=O. The number of aryl methyl sites for hydroxylation is 2. The third-order valence-electron chi connectivity index (χ3n) is 3.73. The van der Waals surface area contributed by atoms with Crippen molar-refractivity contribution in [2.24, 2.45) is 5.18 Å². The fourth-order valence-corrected chi connectivity index (χ4v) is 3.61. The smallest absolute Gasteiger partial charge is 0.227 e. The molecule has 0 fully saturated rings. The minimum Gasteiger partial charge on any atom is -0.357 e. The Morgan fingerprint density at radius 1 is 1.11 bits per heavy atom. The van der Waals surface area contributed by atoms with E-state index in [0.29, 0.717) is 17.3 Å². The van der Waals surface area contributed by atoms with E-state index in [0.717, 1.165) is 27.0 Å². The van der Waals surface area contributed by atoms with Crippen molar-refractivity contribution in [3.05, 3.63) is 46.6 Å². The Morgan fingerprint density at radius 3 is 2.59 bits per heavy atom. The predicted molar refractivity (Wildman–Crippen MR) is 111 cm³/mol. The van der Waals surface area contributed by atoms with E-state index in [1.54, 1.807) is 23.6 Å². The van der Waals surface area contributed by atoms with Gasteiger partial charge in [-0.15, -0.1) is 4.91 Å². The summed E-state index contributed by atoms with van der Waals surface area (Å²) in [5, 5.41) is 10.4. The molecule has 0 saturated carbocycles. The second-order valence-corrected chi connectivity index (χ2v) is 8.29. The van der Waals surface area contributed by atoms with E-state index in [2.05, 4.69) is 51.5 Å². The summed E-state index contributed by atoms with van der Waals surface area (Å²) in [6.45, 7) is 10.1. The van der Waals surface area contributed by atoms with Crippen LogP contribution in [0, 0.1) is 18.8 Å². The average Bonchev–Trinajstić information content (AvgIpc) is 2.95. The minimum atomic E-state index is -0.0598. The number of hydrogen-bond donors (Lipinski definition) is 2. The molecule has 0 radical (unpaired) electrons. The maximum Gasteiger partial charge on any atom is 0.227 e. The number of hydrogen-bond acceptors (Lipinski definition) is 8. The lowest BCUT2D eigenvalue weighted by atomic mass is 10.1. The molecule has 1 aromatic carbocycles. The lowest BCUT2D eigenvalue weighted by Crippen LogP contribution is -2.25. The highest BCUT2D eigenvalue weighted by Gasteiger charge is 2.16. The van der Waals surface area contributed by atoms with Gasteiger partial charge < -0.3 is 10.6 Å². The average molecular weight is 382 g/mol. The fraction of sp³-hybridized carbons (Fsp3) is 0.316. The zero-order chi connectivity index (χ0) is 19.6. The third kappa shape index (κ3) is 4.65. The molecule has 0 unspecified atom stereocenters. The number of thiazole rings is 1. The Kier molecular flexibility index (Phi) is 5.18. The minimum absolute atomic E-state index is 0.0598. The van der Waals surface area contributed by atoms with Crippen LogP contribution >= 0.6 is 11.3 Å². The van der Waals surface area contributed by atoms with Gasteiger partial charge in [0, 0.05) is 17.4 Å². The molecule has 3 rings (SSSR count). The first kappa shape index (κ1) is 18.9. The van der Waals surface area contributed by atoms with Crippen molar-refractivity contribution in [1.29, 1.82) is 0 Å². The number of aromatic nitrogens is 3. The zero-order valence-corrected chi connectivity index (χ0v) is 16.8. The van der Waals surface area contributed by atoms with Crippen LogP contribution in [0.3, 0.4) is 0 Å². The summed E-state index contributed by atoms with van der Waals surface area (Å²) >= 11 is 1.57. The summed E-state index contributed by atoms with van der Waals surface area (Å²) in [6, 6.07) is 7.24. The van der Waals surface area contributed by atoms with Gasteiger partial charge in [-0.2, -0.15) is 0 Å². The molecule has 8 heteroatoms. The summed E-state index contributed by atoms with van der Waals surface area (Å²) in [5.74, 6) is 0.450. The highest BCUT2D eigenvalue weighted by atomic mass is 32.1. The van der Waals surface area contributed by atoms with Crippen LogP contribution in [-0.4, -0.2) is 20.5 Å². The zero-order valence-electron chi connectivity index (χ0n) is 16.0. The van der Waals surface area contributed by atoms with E-state index in [4.69, 9.17) is 0 Å². The van der Waals surface area contributed by atoms with Crippen LogP contribution in [0.2, 0.25) is 0 Å². The molecule has 0 spiro atoms. The van der Waals surface area contributed by atoms with E-state index in [9.17, 15) is 4.91 Å². The molecule has 2 aromatic heterocycles. The van der Waals surface area contributed by atoms with E-state index in [1.165, 1.54) is 0 Å². The van der Waals surface area contributed by atoms with Crippen LogP contribution in [0.5, 0.6) is 0 Å². The molecule has 2 N–H and O–H groups in total. The van der Waals surface area contributed by atoms with Gasteiger partial charge in [0.2, 0.25) is 5.95 Å². The van der Waals surface area contributed by atoms with Gasteiger partial charge in [-0.05, 0) is 63.6 Å². The number of nitroso groups, excluding NO2 is 1. The van der Waals surface area contributed by atoms with Gasteiger partial charge in [0.25, 0.3) is 0 Å². The third-order valence-corrected chi connectivity index (χ3v) is 4.83. The molecule has 0 bridgehead atoms. The van der Waals surface area contributed by atoms with Crippen molar-refractivity contribution < 1.29 is 0 Å². The van der Waals surface area contributed by atoms with Gasteiger partial charge >= 0.3 is 0 Å². The Hall–Kier alpha value is -2.87. The lowest BCUT2D eigenvalue weighted by molar-refractivity contribution is 0.633. The summed E-state index contributed by atoms with van der Waals surface area (Å²) in [4.78, 5) is 25.3. The van der Waals surface area contributed by atoms with Crippen molar-refractivity contribution in [2.75, 3.05) is 10.6 Å². The van der Waals surface area contributed by atoms with Gasteiger partial charge in [-0.25, -0.2) is 15.0 Å². The van der Waals surface area contributed by atoms with Crippen molar-refractivity contribution in [3.63, 3.8) is 0 Å². The van der Waals surface area contributed by atoms with Crippen LogP contribution in [0.15, 0.2) is 35.6 Å². The Morgan fingerprint density at radius 2 is 1.89 bits per heavy atom. The molecule has 0 aliphatic rings. The molecule has 2 heterocycles. The largest absolute Gasteiger partial charge is 0.357 e. The van der Waals surface area contributed by atoms with Gasteiger partial charge in [0.05, 0.1) is 16.3 Å². The topological polar surface area (TPSA) is 92.2 Å². The first-order valence-corrected chi connectivity index (χ1v) is 9.37. The Bertz CT molecular complexity index is 977. The van der Waals surface area contributed by atoms with Crippen LogP contribution < -0.4 is 10.6 Å². The summed E-state index contributed by atoms with van der Waals surface area (Å²) in [5.41, 5.74) is 3.58. The molecule has 140 valence electrons. The van der Waals surface area contributed by atoms with Crippen LogP contribution in [-0.2, 0) is 0 Å². The van der Waals surface area contributed by atoms with E-state index >= 15 is 0 Å². The quantitative estimate of drug-likeness (QED) is 0.561. The highest BCUT2D eigenvalue weighted by Crippen LogP contribution is 2.33. The molecule has 3 aromatic rings. The second-order valence-electron chi connectivity index (χ2n) is 7.29. The maximum absolute atomic E-state index is 10.9. The Labute approximate surface area is 162 Å². The molecule has 0 amide bonds. The predicted octanol–water partition coefficient (Wildman–Crippen LogP) is 5.57. The summed E-state index contributed by atoms with van der Waals surface area (Å²) < 4.78 is 0. The van der Waals surface area contributed by atoms with Crippen molar-refractivity contribution >= 4 is 33.8 Å². The standard InChI is InChI=1S/C19H22N6OS/c1-11-6-7-13(10-15(11)25-26)22-17-20-9-8-14(23-17)16-12(2)21-18(27-16)24-19(3,4)5/h6-10H,1-5H3,(H,21,24)(H,20,22,23). The van der Waals surface area contributed by atoms with Crippen LogP contribution in [0.4, 0.5) is 22.5 Å². The first-order valence-electron chi connectivity index (χ1n) is 8.55. The number of nitrogens with one attached hydrogen (secondary N) is 2. The number of benzene rings is 1. The monoisotopic (exact) mass is 382 g/mol. The normalized spacial score (nSPS) is 11.3. The summed E-state index contributed by atoms with van der Waals surface area (Å²) in [6.07, 6.45) is 1.70. The summed E-state index contributed by atoms with van der Waals surface area (Å²) in [7, 11) is 0. The van der Waals surface area contributed by atoms with Gasteiger partial charge in [-0.1, -0.05) is 17.4 Å². The highest BCUT2D eigenvalue weighted by molar-refractivity contribution is 7.19. The molecule has 7 nitrogen and oxygen atoms in total. The number of anilines is 3.